The van der Waals surface area contributed by atoms with Crippen LogP contribution in [0.15, 0.2) is 0 Å². The standard InChI is InChI=1S/C10H17NO4/c1-7-3-9(13)11(10(14)4-7)5-8(12)6-15-2/h7-8,12H,3-6H2,1-2H3. The predicted molar refractivity (Wildman–Crippen MR) is 53.0 cm³/mol. The summed E-state index contributed by atoms with van der Waals surface area (Å²) in [7, 11) is 1.46. The van der Waals surface area contributed by atoms with Gasteiger partial charge in [-0.25, -0.2) is 0 Å². The van der Waals surface area contributed by atoms with Gasteiger partial charge >= 0.3 is 0 Å². The number of likely N-dealkylation sites (tertiary alicyclic amines) is 1. The third-order valence-electron chi connectivity index (χ3n) is 2.40. The molecule has 1 atom stereocenters. The number of carbonyl (C=O) groups excluding carboxylic acids is 2. The molecule has 5 nitrogen and oxygen atoms in total. The molecule has 86 valence electrons. The molecule has 1 aliphatic heterocycles. The average molecular weight is 215 g/mol. The van der Waals surface area contributed by atoms with Gasteiger partial charge in [0, 0.05) is 20.0 Å². The van der Waals surface area contributed by atoms with Gasteiger partial charge in [-0.05, 0) is 5.92 Å². The van der Waals surface area contributed by atoms with Crippen LogP contribution in [0.4, 0.5) is 0 Å². The van der Waals surface area contributed by atoms with Crippen molar-refractivity contribution in [3.8, 4) is 0 Å². The van der Waals surface area contributed by atoms with E-state index in [1.807, 2.05) is 6.92 Å². The molecule has 1 aliphatic rings. The summed E-state index contributed by atoms with van der Waals surface area (Å²) in [6.45, 7) is 2.05. The molecule has 1 unspecified atom stereocenters. The maximum Gasteiger partial charge on any atom is 0.229 e. The Morgan fingerprint density at radius 2 is 2.00 bits per heavy atom. The van der Waals surface area contributed by atoms with E-state index in [1.54, 1.807) is 0 Å². The van der Waals surface area contributed by atoms with Crippen molar-refractivity contribution in [2.75, 3.05) is 20.3 Å². The normalized spacial score (nSPS) is 20.9. The van der Waals surface area contributed by atoms with Crippen molar-refractivity contribution < 1.29 is 19.4 Å². The minimum Gasteiger partial charge on any atom is -0.389 e. The van der Waals surface area contributed by atoms with Crippen molar-refractivity contribution in [2.45, 2.75) is 25.9 Å². The van der Waals surface area contributed by atoms with E-state index in [-0.39, 0.29) is 30.9 Å². The second kappa shape index (κ2) is 5.23. The van der Waals surface area contributed by atoms with E-state index in [0.717, 1.165) is 4.90 Å². The van der Waals surface area contributed by atoms with Gasteiger partial charge in [-0.1, -0.05) is 6.92 Å². The number of methoxy groups -OCH3 is 1. The zero-order chi connectivity index (χ0) is 11.4. The molecular weight excluding hydrogens is 198 g/mol. The molecule has 2 amide bonds. The molecule has 15 heavy (non-hydrogen) atoms. The third-order valence-corrected chi connectivity index (χ3v) is 2.40. The van der Waals surface area contributed by atoms with Crippen molar-refractivity contribution >= 4 is 11.8 Å². The Hall–Kier alpha value is -0.940. The van der Waals surface area contributed by atoms with Crippen LogP contribution in [-0.2, 0) is 14.3 Å². The Morgan fingerprint density at radius 1 is 1.47 bits per heavy atom. The zero-order valence-corrected chi connectivity index (χ0v) is 9.10. The molecule has 1 N–H and O–H groups in total. The highest BCUT2D eigenvalue weighted by Gasteiger charge is 2.31. The Balaban J connectivity index is 2.53. The molecule has 0 aromatic rings. The highest BCUT2D eigenvalue weighted by atomic mass is 16.5. The minimum absolute atomic E-state index is 0.0399. The number of hydrogen-bond acceptors (Lipinski definition) is 4. The third kappa shape index (κ3) is 3.28. The van der Waals surface area contributed by atoms with Crippen molar-refractivity contribution in [3.63, 3.8) is 0 Å². The van der Waals surface area contributed by atoms with E-state index in [2.05, 4.69) is 0 Å². The van der Waals surface area contributed by atoms with E-state index >= 15 is 0 Å². The number of rotatable bonds is 4. The second-order valence-electron chi connectivity index (χ2n) is 4.02. The monoisotopic (exact) mass is 215 g/mol. The molecule has 1 fully saturated rings. The summed E-state index contributed by atoms with van der Waals surface area (Å²) in [5.74, 6) is -0.288. The summed E-state index contributed by atoms with van der Waals surface area (Å²) in [6.07, 6.45) is -0.0343. The number of ether oxygens (including phenoxy) is 1. The van der Waals surface area contributed by atoms with Crippen LogP contribution in [-0.4, -0.2) is 48.2 Å². The van der Waals surface area contributed by atoms with Crippen LogP contribution in [0, 0.1) is 5.92 Å². The summed E-state index contributed by atoms with van der Waals surface area (Å²) in [5, 5.41) is 9.43. The first-order valence-electron chi connectivity index (χ1n) is 5.04. The first-order chi connectivity index (χ1) is 7.04. The first kappa shape index (κ1) is 12.1. The topological polar surface area (TPSA) is 66.8 Å². The van der Waals surface area contributed by atoms with Gasteiger partial charge in [0.1, 0.15) is 0 Å². The minimum atomic E-state index is -0.795. The number of amides is 2. The smallest absolute Gasteiger partial charge is 0.229 e. The van der Waals surface area contributed by atoms with E-state index in [0.29, 0.717) is 12.8 Å². The van der Waals surface area contributed by atoms with Crippen LogP contribution in [0.25, 0.3) is 0 Å². The summed E-state index contributed by atoms with van der Waals surface area (Å²) in [4.78, 5) is 24.1. The van der Waals surface area contributed by atoms with Crippen molar-refractivity contribution in [1.82, 2.24) is 4.90 Å². The lowest BCUT2D eigenvalue weighted by Gasteiger charge is -2.29. The number of piperidine rings is 1. The Morgan fingerprint density at radius 3 is 2.47 bits per heavy atom. The molecule has 0 aromatic carbocycles. The lowest BCUT2D eigenvalue weighted by Crippen LogP contribution is -2.47. The number of nitrogens with zero attached hydrogens (tertiary/aromatic N) is 1. The lowest BCUT2D eigenvalue weighted by atomic mass is 9.97. The number of carbonyl (C=O) groups is 2. The first-order valence-corrected chi connectivity index (χ1v) is 5.04. The fourth-order valence-electron chi connectivity index (χ4n) is 1.69. The molecule has 0 radical (unpaired) electrons. The number of hydrogen-bond donors (Lipinski definition) is 1. The predicted octanol–water partition coefficient (Wildman–Crippen LogP) is -0.221. The fraction of sp³-hybridized carbons (Fsp3) is 0.800. The van der Waals surface area contributed by atoms with Crippen LogP contribution >= 0.6 is 0 Å². The van der Waals surface area contributed by atoms with E-state index in [9.17, 15) is 14.7 Å². The van der Waals surface area contributed by atoms with Gasteiger partial charge in [0.2, 0.25) is 11.8 Å². The average Bonchev–Trinajstić information content (AvgIpc) is 2.11. The maximum atomic E-state index is 11.5. The molecule has 1 heterocycles. The van der Waals surface area contributed by atoms with Gasteiger partial charge in [-0.3, -0.25) is 14.5 Å². The van der Waals surface area contributed by atoms with Crippen LogP contribution in [0.1, 0.15) is 19.8 Å². The van der Waals surface area contributed by atoms with Crippen LogP contribution < -0.4 is 0 Å². The number of β-amino-alcohol motifs (C(OH)–C–C–N with tert-alkyl or cyclic N) is 1. The summed E-state index contributed by atoms with van der Waals surface area (Å²) in [6, 6.07) is 0. The van der Waals surface area contributed by atoms with Crippen molar-refractivity contribution in [3.05, 3.63) is 0 Å². The van der Waals surface area contributed by atoms with E-state index in [4.69, 9.17) is 4.74 Å². The van der Waals surface area contributed by atoms with Gasteiger partial charge in [-0.2, -0.15) is 0 Å². The molecular formula is C10H17NO4. The Bertz CT molecular complexity index is 236. The van der Waals surface area contributed by atoms with Gasteiger partial charge < -0.3 is 9.84 Å². The second-order valence-corrected chi connectivity index (χ2v) is 4.02. The fourth-order valence-corrected chi connectivity index (χ4v) is 1.69. The van der Waals surface area contributed by atoms with Gasteiger partial charge in [-0.15, -0.1) is 0 Å². The zero-order valence-electron chi connectivity index (χ0n) is 9.10. The van der Waals surface area contributed by atoms with Gasteiger partial charge in [0.25, 0.3) is 0 Å². The highest BCUT2D eigenvalue weighted by molar-refractivity contribution is 5.97. The van der Waals surface area contributed by atoms with Gasteiger partial charge in [0.15, 0.2) is 0 Å². The summed E-state index contributed by atoms with van der Waals surface area (Å²) in [5.41, 5.74) is 0. The summed E-state index contributed by atoms with van der Waals surface area (Å²) < 4.78 is 4.74. The molecule has 0 saturated carbocycles. The molecule has 0 spiro atoms. The molecule has 1 saturated heterocycles. The number of aliphatic hydroxyl groups is 1. The molecule has 0 bridgehead atoms. The van der Waals surface area contributed by atoms with Gasteiger partial charge in [0.05, 0.1) is 19.3 Å². The van der Waals surface area contributed by atoms with Crippen LogP contribution in [0.2, 0.25) is 0 Å². The van der Waals surface area contributed by atoms with Crippen molar-refractivity contribution in [1.29, 1.82) is 0 Å². The molecule has 0 aliphatic carbocycles. The Labute approximate surface area is 89.0 Å². The molecule has 1 rings (SSSR count). The molecule has 5 heteroatoms. The number of aliphatic hydroxyl groups excluding tert-OH is 1. The highest BCUT2D eigenvalue weighted by Crippen LogP contribution is 2.18. The maximum absolute atomic E-state index is 11.5. The number of imide groups is 1. The SMILES string of the molecule is COCC(O)CN1C(=O)CC(C)CC1=O. The van der Waals surface area contributed by atoms with Crippen molar-refractivity contribution in [2.24, 2.45) is 5.92 Å². The van der Waals surface area contributed by atoms with Crippen LogP contribution in [0.3, 0.4) is 0 Å². The largest absolute Gasteiger partial charge is 0.389 e. The summed E-state index contributed by atoms with van der Waals surface area (Å²) >= 11 is 0. The Kier molecular flexibility index (Phi) is 4.23. The van der Waals surface area contributed by atoms with E-state index < -0.39 is 6.10 Å². The van der Waals surface area contributed by atoms with E-state index in [1.165, 1.54) is 7.11 Å². The quantitative estimate of drug-likeness (QED) is 0.658. The van der Waals surface area contributed by atoms with Crippen LogP contribution in [0.5, 0.6) is 0 Å². The lowest BCUT2D eigenvalue weighted by molar-refractivity contribution is -0.151. The molecule has 0 aromatic heterocycles.